The second kappa shape index (κ2) is 12.7. The van der Waals surface area contributed by atoms with Gasteiger partial charge in [0.1, 0.15) is 11.4 Å². The molecule has 2 saturated heterocycles. The third-order valence-electron chi connectivity index (χ3n) is 9.34. The van der Waals surface area contributed by atoms with Crippen LogP contribution >= 0.6 is 0 Å². The lowest BCUT2D eigenvalue weighted by Crippen LogP contribution is -2.53. The number of hydrogen-bond acceptors (Lipinski definition) is 9. The van der Waals surface area contributed by atoms with Crippen LogP contribution < -0.4 is 15.2 Å². The number of nitrogens with zero attached hydrogens (tertiary/aromatic N) is 4. The van der Waals surface area contributed by atoms with Crippen LogP contribution in [0.1, 0.15) is 50.2 Å². The molecule has 0 unspecified atom stereocenters. The van der Waals surface area contributed by atoms with Crippen molar-refractivity contribution in [2.75, 3.05) is 64.9 Å². The molecule has 0 radical (unpaired) electrons. The molecule has 0 spiro atoms. The molecule has 3 aromatic rings. The van der Waals surface area contributed by atoms with Crippen molar-refractivity contribution in [2.24, 2.45) is 0 Å². The quantitative estimate of drug-likeness (QED) is 0.381. The Morgan fingerprint density at radius 3 is 2.54 bits per heavy atom. The number of carbonyl (C=O) groups is 2. The average molecular weight is 656 g/mol. The molecule has 1 aromatic heterocycles. The second-order valence-electron chi connectivity index (χ2n) is 12.2. The monoisotopic (exact) mass is 655 g/mol. The summed E-state index contributed by atoms with van der Waals surface area (Å²) < 4.78 is 54.2. The van der Waals surface area contributed by atoms with Crippen molar-refractivity contribution < 1.29 is 31.6 Å². The summed E-state index contributed by atoms with van der Waals surface area (Å²) in [5.41, 5.74) is 2.59. The number of benzene rings is 2. The van der Waals surface area contributed by atoms with E-state index in [0.717, 1.165) is 58.3 Å². The Morgan fingerprint density at radius 1 is 1.07 bits per heavy atom. The van der Waals surface area contributed by atoms with Gasteiger partial charge in [-0.15, -0.1) is 0 Å². The van der Waals surface area contributed by atoms with Crippen LogP contribution in [-0.2, 0) is 27.9 Å². The molecule has 1 N–H and O–H groups in total. The summed E-state index contributed by atoms with van der Waals surface area (Å²) in [4.78, 5) is 45.3. The van der Waals surface area contributed by atoms with Gasteiger partial charge in [-0.25, -0.2) is 13.9 Å². The molecule has 246 valence electrons. The molecule has 46 heavy (non-hydrogen) atoms. The van der Waals surface area contributed by atoms with Gasteiger partial charge < -0.3 is 19.0 Å². The van der Waals surface area contributed by atoms with E-state index in [0.29, 0.717) is 56.7 Å². The Labute approximate surface area is 266 Å². The highest BCUT2D eigenvalue weighted by Gasteiger charge is 2.31. The Balaban J connectivity index is 1.20. The maximum Gasteiger partial charge on any atom is 0.341 e. The zero-order valence-corrected chi connectivity index (χ0v) is 27.0. The molecule has 14 heteroatoms. The van der Waals surface area contributed by atoms with E-state index in [9.17, 15) is 22.8 Å². The highest BCUT2D eigenvalue weighted by Crippen LogP contribution is 2.33. The molecule has 2 fully saturated rings. The van der Waals surface area contributed by atoms with Crippen molar-refractivity contribution in [3.63, 3.8) is 0 Å². The van der Waals surface area contributed by atoms with Crippen molar-refractivity contribution in [2.45, 2.75) is 38.8 Å². The molecular weight excluding hydrogens is 617 g/mol. The molecule has 2 aromatic carbocycles. The van der Waals surface area contributed by atoms with Gasteiger partial charge >= 0.3 is 15.8 Å². The lowest BCUT2D eigenvalue weighted by molar-refractivity contribution is 0.0731. The Hall–Kier alpha value is -3.85. The average Bonchev–Trinajstić information content (AvgIpc) is 3.59. The fourth-order valence-electron chi connectivity index (χ4n) is 6.69. The van der Waals surface area contributed by atoms with E-state index in [-0.39, 0.29) is 18.2 Å². The summed E-state index contributed by atoms with van der Waals surface area (Å²) in [5, 5.41) is 0.829. The van der Waals surface area contributed by atoms with Crippen LogP contribution in [0.3, 0.4) is 0 Å². The minimum absolute atomic E-state index is 0.0116. The topological polar surface area (TPSA) is 133 Å². The van der Waals surface area contributed by atoms with Crippen molar-refractivity contribution >= 4 is 38.7 Å². The Bertz CT molecular complexity index is 1860. The molecule has 0 aliphatic carbocycles. The number of nitrogens with one attached hydrogen (secondary N) is 1. The molecule has 4 heterocycles. The van der Waals surface area contributed by atoms with Crippen LogP contribution in [0.15, 0.2) is 39.5 Å². The van der Waals surface area contributed by atoms with Crippen molar-refractivity contribution in [1.29, 1.82) is 0 Å². The summed E-state index contributed by atoms with van der Waals surface area (Å²) in [6.07, 6.45) is 1.78. The first-order valence-corrected chi connectivity index (χ1v) is 16.9. The molecule has 2 amide bonds. The van der Waals surface area contributed by atoms with Crippen molar-refractivity contribution in [3.05, 3.63) is 74.4 Å². The van der Waals surface area contributed by atoms with Gasteiger partial charge in [-0.1, -0.05) is 0 Å². The van der Waals surface area contributed by atoms with E-state index in [1.54, 1.807) is 7.11 Å². The van der Waals surface area contributed by atoms with Gasteiger partial charge in [-0.2, -0.15) is 12.7 Å². The minimum atomic E-state index is -4.09. The number of piperazine rings is 1. The van der Waals surface area contributed by atoms with Gasteiger partial charge in [0.15, 0.2) is 0 Å². The number of ether oxygens (including phenoxy) is 1. The SMILES string of the molecule is COC[C@H]1CN(c2ccc3c4c(c(=O)oc3c2C)CN(C(=O)c2ccc(C(=O)NS(=O)(=O)N3CCCC3)c(F)c2)CC4)CCN1C. The Kier molecular flexibility index (Phi) is 8.89. The zero-order valence-electron chi connectivity index (χ0n) is 26.2. The standard InChI is InChI=1S/C32H38FN5O7S/c1-20-28(36-15-14-35(2)22(17-36)19-44-3)9-8-24-23-10-13-37(18-26(23)32(41)45-29(20)24)31(40)21-6-7-25(27(33)16-21)30(39)34-46(42,43)38-11-4-5-12-38/h6-9,16,22H,4-5,10-15,17-19H2,1-3H3,(H,34,39)/t22-/m1/s1. The summed E-state index contributed by atoms with van der Waals surface area (Å²) >= 11 is 0. The van der Waals surface area contributed by atoms with Crippen LogP contribution in [-0.4, -0.2) is 100 Å². The van der Waals surface area contributed by atoms with Gasteiger partial charge in [0, 0.05) is 68.6 Å². The van der Waals surface area contributed by atoms with Gasteiger partial charge in [0.25, 0.3) is 11.8 Å². The molecule has 12 nitrogen and oxygen atoms in total. The molecular formula is C32H38FN5O7S. The third kappa shape index (κ3) is 6.01. The van der Waals surface area contributed by atoms with Crippen LogP contribution in [0.25, 0.3) is 11.0 Å². The van der Waals surface area contributed by atoms with Crippen LogP contribution in [0.5, 0.6) is 0 Å². The van der Waals surface area contributed by atoms with E-state index in [2.05, 4.69) is 22.9 Å². The summed E-state index contributed by atoms with van der Waals surface area (Å²) in [7, 11) is -0.305. The number of rotatable bonds is 7. The molecule has 6 rings (SSSR count). The minimum Gasteiger partial charge on any atom is -0.422 e. The second-order valence-corrected chi connectivity index (χ2v) is 13.9. The number of methoxy groups -OCH3 is 1. The fraction of sp³-hybridized carbons (Fsp3) is 0.469. The molecule has 1 atom stereocenters. The lowest BCUT2D eigenvalue weighted by atomic mass is 9.95. The maximum atomic E-state index is 15.0. The highest BCUT2D eigenvalue weighted by atomic mass is 32.2. The molecule has 3 aliphatic rings. The van der Waals surface area contributed by atoms with E-state index >= 15 is 4.39 Å². The third-order valence-corrected chi connectivity index (χ3v) is 10.8. The van der Waals surface area contributed by atoms with Crippen molar-refractivity contribution in [3.8, 4) is 0 Å². The van der Waals surface area contributed by atoms with Crippen molar-refractivity contribution in [1.82, 2.24) is 18.8 Å². The first-order chi connectivity index (χ1) is 22.0. The number of amides is 2. The maximum absolute atomic E-state index is 15.0. The fourth-order valence-corrected chi connectivity index (χ4v) is 7.90. The summed E-state index contributed by atoms with van der Waals surface area (Å²) in [5.74, 6) is -2.66. The largest absolute Gasteiger partial charge is 0.422 e. The van der Waals surface area contributed by atoms with Crippen LogP contribution in [0, 0.1) is 12.7 Å². The first kappa shape index (κ1) is 32.1. The van der Waals surface area contributed by atoms with Gasteiger partial charge in [-0.05, 0) is 69.1 Å². The van der Waals surface area contributed by atoms with E-state index in [4.69, 9.17) is 9.15 Å². The number of carbonyl (C=O) groups excluding carboxylic acids is 2. The number of likely N-dealkylation sites (N-methyl/N-ethyl adjacent to an activating group) is 1. The molecule has 3 aliphatic heterocycles. The first-order valence-electron chi connectivity index (χ1n) is 15.4. The highest BCUT2D eigenvalue weighted by molar-refractivity contribution is 7.87. The predicted molar refractivity (Wildman–Crippen MR) is 170 cm³/mol. The number of halogens is 1. The van der Waals surface area contributed by atoms with E-state index < -0.39 is 39.0 Å². The van der Waals surface area contributed by atoms with E-state index in [1.807, 2.05) is 17.7 Å². The lowest BCUT2D eigenvalue weighted by Gasteiger charge is -2.41. The molecule has 0 saturated carbocycles. The van der Waals surface area contributed by atoms with Gasteiger partial charge in [-0.3, -0.25) is 14.5 Å². The number of fused-ring (bicyclic) bond motifs is 3. The molecule has 0 bridgehead atoms. The number of aryl methyl sites for hydroxylation is 1. The zero-order chi connectivity index (χ0) is 32.7. The van der Waals surface area contributed by atoms with E-state index in [1.165, 1.54) is 11.0 Å². The van der Waals surface area contributed by atoms with Crippen LogP contribution in [0.2, 0.25) is 0 Å². The number of hydrogen-bond donors (Lipinski definition) is 1. The Morgan fingerprint density at radius 2 is 1.83 bits per heavy atom. The van der Waals surface area contributed by atoms with Crippen LogP contribution in [0.4, 0.5) is 10.1 Å². The predicted octanol–water partition coefficient (Wildman–Crippen LogP) is 2.28. The normalized spacial score (nSPS) is 19.4. The van der Waals surface area contributed by atoms with Gasteiger partial charge in [0.05, 0.1) is 30.3 Å². The summed E-state index contributed by atoms with van der Waals surface area (Å²) in [6.45, 7) is 5.93. The smallest absolute Gasteiger partial charge is 0.341 e. The number of anilines is 1. The van der Waals surface area contributed by atoms with Gasteiger partial charge in [0.2, 0.25) is 0 Å². The summed E-state index contributed by atoms with van der Waals surface area (Å²) in [6, 6.07) is 7.56.